The van der Waals surface area contributed by atoms with Crippen LogP contribution in [0.4, 0.5) is 0 Å². The topological polar surface area (TPSA) is 21.3 Å². The highest BCUT2D eigenvalue weighted by Crippen LogP contribution is 2.34. The molecule has 1 saturated carbocycles. The molecule has 0 radical (unpaired) electrons. The first-order valence-electron chi connectivity index (χ1n) is 6.54. The summed E-state index contributed by atoms with van der Waals surface area (Å²) in [6.07, 6.45) is 5.71. The lowest BCUT2D eigenvalue weighted by Gasteiger charge is -2.41. The van der Waals surface area contributed by atoms with Crippen LogP contribution in [0.1, 0.15) is 46.5 Å². The van der Waals surface area contributed by atoms with Crippen LogP contribution in [-0.2, 0) is 4.74 Å². The lowest BCUT2D eigenvalue weighted by molar-refractivity contribution is 0.0643. The van der Waals surface area contributed by atoms with Gasteiger partial charge in [0.05, 0.1) is 6.10 Å². The molecular formula is C13H25NO. The van der Waals surface area contributed by atoms with E-state index in [1.165, 1.54) is 25.7 Å². The number of nitrogens with one attached hydrogen (secondary N) is 1. The van der Waals surface area contributed by atoms with Gasteiger partial charge in [-0.05, 0) is 44.4 Å². The van der Waals surface area contributed by atoms with Gasteiger partial charge in [0.2, 0.25) is 0 Å². The lowest BCUT2D eigenvalue weighted by Crippen LogP contribution is -2.50. The molecule has 15 heavy (non-hydrogen) atoms. The zero-order valence-corrected chi connectivity index (χ0v) is 10.3. The molecule has 2 nitrogen and oxygen atoms in total. The molecule has 1 aliphatic heterocycles. The van der Waals surface area contributed by atoms with Crippen molar-refractivity contribution >= 4 is 0 Å². The van der Waals surface area contributed by atoms with Crippen LogP contribution >= 0.6 is 0 Å². The van der Waals surface area contributed by atoms with Crippen LogP contribution in [0.5, 0.6) is 0 Å². The van der Waals surface area contributed by atoms with Crippen LogP contribution in [0.2, 0.25) is 0 Å². The third-order valence-corrected chi connectivity index (χ3v) is 4.14. The van der Waals surface area contributed by atoms with E-state index in [4.69, 9.17) is 4.74 Å². The molecule has 2 heteroatoms. The van der Waals surface area contributed by atoms with Crippen molar-refractivity contribution in [1.82, 2.24) is 5.32 Å². The summed E-state index contributed by atoms with van der Waals surface area (Å²) in [6, 6.07) is 1.31. The molecule has 0 aromatic heterocycles. The minimum atomic E-state index is 0.475. The normalized spacial score (nSPS) is 38.0. The fraction of sp³-hybridized carbons (Fsp3) is 1.00. The average molecular weight is 211 g/mol. The van der Waals surface area contributed by atoms with Crippen LogP contribution in [0.3, 0.4) is 0 Å². The molecule has 1 N–H and O–H groups in total. The van der Waals surface area contributed by atoms with Crippen LogP contribution in [-0.4, -0.2) is 24.8 Å². The molecule has 0 aromatic rings. The summed E-state index contributed by atoms with van der Waals surface area (Å²) in [5.41, 5.74) is 0. The van der Waals surface area contributed by atoms with Crippen LogP contribution < -0.4 is 5.32 Å². The fourth-order valence-corrected chi connectivity index (χ4v) is 2.82. The SMILES string of the molecule is CC(C)C1CC(NC(C)C2CCCO2)C1. The second-order valence-corrected chi connectivity index (χ2v) is 5.68. The average Bonchev–Trinajstić information content (AvgIpc) is 2.61. The summed E-state index contributed by atoms with van der Waals surface area (Å²) >= 11 is 0. The zero-order valence-electron chi connectivity index (χ0n) is 10.3. The van der Waals surface area contributed by atoms with E-state index in [0.29, 0.717) is 12.1 Å². The van der Waals surface area contributed by atoms with Crippen molar-refractivity contribution in [2.75, 3.05) is 6.61 Å². The highest BCUT2D eigenvalue weighted by atomic mass is 16.5. The molecule has 2 atom stereocenters. The first kappa shape index (κ1) is 11.4. The van der Waals surface area contributed by atoms with Crippen molar-refractivity contribution in [1.29, 1.82) is 0 Å². The van der Waals surface area contributed by atoms with Gasteiger partial charge in [-0.2, -0.15) is 0 Å². The summed E-state index contributed by atoms with van der Waals surface area (Å²) in [5.74, 6) is 1.82. The van der Waals surface area contributed by atoms with E-state index >= 15 is 0 Å². The largest absolute Gasteiger partial charge is 0.377 e. The smallest absolute Gasteiger partial charge is 0.0726 e. The molecule has 2 unspecified atom stereocenters. The summed E-state index contributed by atoms with van der Waals surface area (Å²) in [6.45, 7) is 7.92. The van der Waals surface area contributed by atoms with Gasteiger partial charge in [-0.3, -0.25) is 0 Å². The van der Waals surface area contributed by atoms with Crippen molar-refractivity contribution < 1.29 is 4.74 Å². The Kier molecular flexibility index (Phi) is 3.68. The molecule has 88 valence electrons. The summed E-state index contributed by atoms with van der Waals surface area (Å²) in [7, 11) is 0. The van der Waals surface area contributed by atoms with Gasteiger partial charge in [0, 0.05) is 18.7 Å². The molecule has 1 heterocycles. The van der Waals surface area contributed by atoms with E-state index < -0.39 is 0 Å². The summed E-state index contributed by atoms with van der Waals surface area (Å²) in [4.78, 5) is 0. The molecule has 1 aliphatic carbocycles. The summed E-state index contributed by atoms with van der Waals surface area (Å²) in [5, 5.41) is 3.72. The minimum absolute atomic E-state index is 0.475. The third-order valence-electron chi connectivity index (χ3n) is 4.14. The van der Waals surface area contributed by atoms with Crippen molar-refractivity contribution in [3.8, 4) is 0 Å². The van der Waals surface area contributed by atoms with Gasteiger partial charge in [-0.25, -0.2) is 0 Å². The first-order valence-corrected chi connectivity index (χ1v) is 6.54. The van der Waals surface area contributed by atoms with Gasteiger partial charge in [-0.1, -0.05) is 13.8 Å². The van der Waals surface area contributed by atoms with E-state index in [-0.39, 0.29) is 0 Å². The Balaban J connectivity index is 1.66. The molecule has 2 rings (SSSR count). The quantitative estimate of drug-likeness (QED) is 0.771. The maximum Gasteiger partial charge on any atom is 0.0726 e. The van der Waals surface area contributed by atoms with Gasteiger partial charge in [-0.15, -0.1) is 0 Å². The maximum absolute atomic E-state index is 5.70. The number of ether oxygens (including phenoxy) is 1. The number of hydrogen-bond acceptors (Lipinski definition) is 2. The van der Waals surface area contributed by atoms with Crippen molar-refractivity contribution in [2.24, 2.45) is 11.8 Å². The number of hydrogen-bond donors (Lipinski definition) is 1. The molecule has 0 bridgehead atoms. The van der Waals surface area contributed by atoms with Crippen molar-refractivity contribution in [2.45, 2.75) is 64.6 Å². The van der Waals surface area contributed by atoms with E-state index in [2.05, 4.69) is 26.1 Å². The van der Waals surface area contributed by atoms with Crippen LogP contribution in [0.25, 0.3) is 0 Å². The van der Waals surface area contributed by atoms with Crippen LogP contribution in [0, 0.1) is 11.8 Å². The Labute approximate surface area is 93.8 Å². The Morgan fingerprint density at radius 2 is 1.93 bits per heavy atom. The third kappa shape index (κ3) is 2.73. The standard InChI is InChI=1S/C13H25NO/c1-9(2)11-7-12(8-11)14-10(3)13-5-4-6-15-13/h9-14H,4-8H2,1-3H3. The second-order valence-electron chi connectivity index (χ2n) is 5.68. The van der Waals surface area contributed by atoms with Gasteiger partial charge < -0.3 is 10.1 Å². The van der Waals surface area contributed by atoms with E-state index in [0.717, 1.165) is 24.5 Å². The van der Waals surface area contributed by atoms with Gasteiger partial charge in [0.15, 0.2) is 0 Å². The van der Waals surface area contributed by atoms with Crippen molar-refractivity contribution in [3.63, 3.8) is 0 Å². The lowest BCUT2D eigenvalue weighted by atomic mass is 9.73. The molecule has 0 aromatic carbocycles. The van der Waals surface area contributed by atoms with Crippen LogP contribution in [0.15, 0.2) is 0 Å². The molecule has 1 saturated heterocycles. The molecular weight excluding hydrogens is 186 g/mol. The van der Waals surface area contributed by atoms with Gasteiger partial charge in [0.1, 0.15) is 0 Å². The highest BCUT2D eigenvalue weighted by Gasteiger charge is 2.33. The predicted octanol–water partition coefficient (Wildman–Crippen LogP) is 2.58. The minimum Gasteiger partial charge on any atom is -0.377 e. The van der Waals surface area contributed by atoms with Gasteiger partial charge in [0.25, 0.3) is 0 Å². The Bertz CT molecular complexity index is 193. The molecule has 2 fully saturated rings. The van der Waals surface area contributed by atoms with E-state index in [1.807, 2.05) is 0 Å². The Morgan fingerprint density at radius 1 is 1.20 bits per heavy atom. The van der Waals surface area contributed by atoms with Crippen molar-refractivity contribution in [3.05, 3.63) is 0 Å². The Morgan fingerprint density at radius 3 is 2.47 bits per heavy atom. The van der Waals surface area contributed by atoms with E-state index in [1.54, 1.807) is 0 Å². The van der Waals surface area contributed by atoms with Gasteiger partial charge >= 0.3 is 0 Å². The first-order chi connectivity index (χ1) is 7.16. The number of rotatable bonds is 4. The monoisotopic (exact) mass is 211 g/mol. The summed E-state index contributed by atoms with van der Waals surface area (Å²) < 4.78 is 5.70. The predicted molar refractivity (Wildman–Crippen MR) is 62.9 cm³/mol. The molecule has 0 amide bonds. The highest BCUT2D eigenvalue weighted by molar-refractivity contribution is 4.90. The molecule has 0 spiro atoms. The Hall–Kier alpha value is -0.0800. The fourth-order valence-electron chi connectivity index (χ4n) is 2.82. The maximum atomic E-state index is 5.70. The van der Waals surface area contributed by atoms with E-state index in [9.17, 15) is 0 Å². The molecule has 2 aliphatic rings. The second kappa shape index (κ2) is 4.84. The zero-order chi connectivity index (χ0) is 10.8.